The van der Waals surface area contributed by atoms with Gasteiger partial charge in [0.25, 0.3) is 6.43 Å². The number of aromatic nitrogens is 1. The van der Waals surface area contributed by atoms with Gasteiger partial charge in [0.05, 0.1) is 5.56 Å². The minimum atomic E-state index is -3.04. The lowest BCUT2D eigenvalue weighted by Crippen LogP contribution is -1.99. The van der Waals surface area contributed by atoms with E-state index in [1.54, 1.807) is 0 Å². The van der Waals surface area contributed by atoms with E-state index in [-0.39, 0.29) is 3.70 Å². The molecule has 0 N–H and O–H groups in total. The Kier molecular flexibility index (Phi) is 2.86. The van der Waals surface area contributed by atoms with E-state index in [0.29, 0.717) is 6.07 Å². The number of pyridine rings is 1. The van der Waals surface area contributed by atoms with Crippen LogP contribution in [0.2, 0.25) is 0 Å². The van der Waals surface area contributed by atoms with Crippen molar-refractivity contribution in [3.63, 3.8) is 0 Å². The normalized spacial score (nSPS) is 10.8. The van der Waals surface area contributed by atoms with Crippen LogP contribution in [0.15, 0.2) is 6.07 Å². The van der Waals surface area contributed by atoms with Gasteiger partial charge >= 0.3 is 0 Å². The quantitative estimate of drug-likeness (QED) is 0.440. The van der Waals surface area contributed by atoms with Crippen molar-refractivity contribution in [2.75, 3.05) is 0 Å². The maximum Gasteiger partial charge on any atom is 0.268 e. The summed E-state index contributed by atoms with van der Waals surface area (Å²) in [5.41, 5.74) is -1.01. The Morgan fingerprint density at radius 2 is 1.92 bits per heavy atom. The van der Waals surface area contributed by atoms with Crippen LogP contribution in [-0.2, 0) is 0 Å². The molecule has 1 nitrogen and oxygen atoms in total. The number of rotatable bonds is 1. The molecule has 0 aromatic carbocycles. The molecule has 0 unspecified atom stereocenters. The predicted molar refractivity (Wildman–Crippen MR) is 41.8 cm³/mol. The topological polar surface area (TPSA) is 12.9 Å². The lowest BCUT2D eigenvalue weighted by molar-refractivity contribution is 0.144. The summed E-state index contributed by atoms with van der Waals surface area (Å²) in [6.45, 7) is 0. The zero-order valence-corrected chi connectivity index (χ0v) is 7.65. The molecule has 0 radical (unpaired) electrons. The molecule has 12 heavy (non-hydrogen) atoms. The fourth-order valence-electron chi connectivity index (χ4n) is 0.613. The van der Waals surface area contributed by atoms with E-state index >= 15 is 0 Å². The lowest BCUT2D eigenvalue weighted by Gasteiger charge is -2.01. The van der Waals surface area contributed by atoms with Gasteiger partial charge < -0.3 is 0 Å². The van der Waals surface area contributed by atoms with Crippen molar-refractivity contribution in [1.82, 2.24) is 4.98 Å². The van der Waals surface area contributed by atoms with Crippen LogP contribution in [0.1, 0.15) is 12.0 Å². The second-order valence-corrected chi connectivity index (χ2v) is 2.96. The first kappa shape index (κ1) is 9.69. The first-order valence-electron chi connectivity index (χ1n) is 2.82. The van der Waals surface area contributed by atoms with Gasteiger partial charge in [0.2, 0.25) is 5.95 Å². The van der Waals surface area contributed by atoms with E-state index in [1.165, 1.54) is 22.6 Å². The average Bonchev–Trinajstić information content (AvgIpc) is 1.96. The van der Waals surface area contributed by atoms with Crippen molar-refractivity contribution >= 4 is 22.6 Å². The summed E-state index contributed by atoms with van der Waals surface area (Å²) in [5, 5.41) is 0. The molecule has 0 saturated heterocycles. The Morgan fingerprint density at radius 3 is 2.42 bits per heavy atom. The molecule has 0 bridgehead atoms. The standard InChI is InChI=1S/C6H2F4IN/c7-3-1-2(4(8)9)5(10)12-6(3)11/h1,4H. The van der Waals surface area contributed by atoms with Crippen LogP contribution in [0.5, 0.6) is 0 Å². The lowest BCUT2D eigenvalue weighted by atomic mass is 10.3. The summed E-state index contributed by atoms with van der Waals surface area (Å²) < 4.78 is 48.6. The van der Waals surface area contributed by atoms with Gasteiger partial charge in [-0.3, -0.25) is 0 Å². The minimum absolute atomic E-state index is 0.255. The zero-order valence-electron chi connectivity index (χ0n) is 5.49. The summed E-state index contributed by atoms with van der Waals surface area (Å²) in [5.74, 6) is -2.26. The molecule has 0 atom stereocenters. The van der Waals surface area contributed by atoms with Crippen LogP contribution in [0.4, 0.5) is 17.6 Å². The smallest absolute Gasteiger partial charge is 0.210 e. The molecule has 0 amide bonds. The summed E-state index contributed by atoms with van der Waals surface area (Å²) in [7, 11) is 0. The molecular formula is C6H2F4IN. The molecule has 0 aliphatic carbocycles. The van der Waals surface area contributed by atoms with Crippen LogP contribution in [-0.4, -0.2) is 4.98 Å². The van der Waals surface area contributed by atoms with Crippen molar-refractivity contribution in [3.8, 4) is 0 Å². The minimum Gasteiger partial charge on any atom is -0.210 e. The number of hydrogen-bond donors (Lipinski definition) is 0. The van der Waals surface area contributed by atoms with Gasteiger partial charge in [-0.1, -0.05) is 0 Å². The second-order valence-electron chi connectivity index (χ2n) is 1.94. The highest BCUT2D eigenvalue weighted by molar-refractivity contribution is 14.1. The van der Waals surface area contributed by atoms with Crippen LogP contribution in [0.3, 0.4) is 0 Å². The fraction of sp³-hybridized carbons (Fsp3) is 0.167. The predicted octanol–water partition coefficient (Wildman–Crippen LogP) is 2.90. The molecule has 0 aliphatic heterocycles. The highest BCUT2D eigenvalue weighted by Crippen LogP contribution is 2.22. The molecule has 0 fully saturated rings. The van der Waals surface area contributed by atoms with Crippen LogP contribution in [0, 0.1) is 15.5 Å². The van der Waals surface area contributed by atoms with Crippen LogP contribution in [0.25, 0.3) is 0 Å². The van der Waals surface area contributed by atoms with E-state index < -0.39 is 23.8 Å². The third kappa shape index (κ3) is 1.85. The van der Waals surface area contributed by atoms with E-state index in [0.717, 1.165) is 0 Å². The molecule has 0 spiro atoms. The Balaban J connectivity index is 3.23. The largest absolute Gasteiger partial charge is 0.268 e. The number of alkyl halides is 2. The van der Waals surface area contributed by atoms with Crippen molar-refractivity contribution in [2.45, 2.75) is 6.43 Å². The average molecular weight is 291 g/mol. The number of hydrogen-bond acceptors (Lipinski definition) is 1. The first-order valence-corrected chi connectivity index (χ1v) is 3.90. The third-order valence-corrected chi connectivity index (χ3v) is 1.91. The van der Waals surface area contributed by atoms with Gasteiger partial charge in [0.1, 0.15) is 3.70 Å². The molecule has 0 saturated carbocycles. The van der Waals surface area contributed by atoms with Gasteiger partial charge in [0.15, 0.2) is 5.82 Å². The van der Waals surface area contributed by atoms with Gasteiger partial charge in [0, 0.05) is 0 Å². The molecular weight excluding hydrogens is 289 g/mol. The molecule has 1 rings (SSSR count). The van der Waals surface area contributed by atoms with Gasteiger partial charge in [-0.2, -0.15) is 4.39 Å². The molecule has 1 heterocycles. The number of halogens is 5. The summed E-state index contributed by atoms with van der Waals surface area (Å²) in [6.07, 6.45) is -3.04. The van der Waals surface area contributed by atoms with Gasteiger partial charge in [-0.15, -0.1) is 0 Å². The van der Waals surface area contributed by atoms with Gasteiger partial charge in [-0.05, 0) is 28.7 Å². The molecule has 6 heteroatoms. The Hall–Kier alpha value is -0.400. The fourth-order valence-corrected chi connectivity index (χ4v) is 0.980. The van der Waals surface area contributed by atoms with E-state index in [4.69, 9.17) is 0 Å². The molecule has 1 aromatic heterocycles. The maximum absolute atomic E-state index is 12.5. The van der Waals surface area contributed by atoms with E-state index in [9.17, 15) is 17.6 Å². The Morgan fingerprint density at radius 1 is 1.33 bits per heavy atom. The van der Waals surface area contributed by atoms with Crippen LogP contribution >= 0.6 is 22.6 Å². The first-order chi connectivity index (χ1) is 5.52. The van der Waals surface area contributed by atoms with E-state index in [2.05, 4.69) is 4.98 Å². The maximum atomic E-state index is 12.5. The van der Waals surface area contributed by atoms with Gasteiger partial charge in [-0.25, -0.2) is 18.2 Å². The monoisotopic (exact) mass is 291 g/mol. The number of nitrogens with zero attached hydrogens (tertiary/aromatic N) is 1. The summed E-state index contributed by atoms with van der Waals surface area (Å²) in [6, 6.07) is 0.453. The molecule has 1 aromatic rings. The van der Waals surface area contributed by atoms with Crippen LogP contribution < -0.4 is 0 Å². The van der Waals surface area contributed by atoms with E-state index in [1.807, 2.05) is 0 Å². The zero-order chi connectivity index (χ0) is 9.30. The summed E-state index contributed by atoms with van der Waals surface area (Å²) >= 11 is 1.42. The molecule has 66 valence electrons. The van der Waals surface area contributed by atoms with Crippen molar-refractivity contribution < 1.29 is 17.6 Å². The SMILES string of the molecule is Fc1cc(C(F)F)c(F)nc1I. The summed E-state index contributed by atoms with van der Waals surface area (Å²) in [4.78, 5) is 2.96. The molecule has 0 aliphatic rings. The second kappa shape index (κ2) is 3.55. The highest BCUT2D eigenvalue weighted by Gasteiger charge is 2.17. The third-order valence-electron chi connectivity index (χ3n) is 1.15. The Labute approximate surface area is 78.9 Å². The van der Waals surface area contributed by atoms with Crippen molar-refractivity contribution in [1.29, 1.82) is 0 Å². The highest BCUT2D eigenvalue weighted by atomic mass is 127. The van der Waals surface area contributed by atoms with Crippen molar-refractivity contribution in [2.24, 2.45) is 0 Å². The van der Waals surface area contributed by atoms with Crippen molar-refractivity contribution in [3.05, 3.63) is 27.1 Å². The Bertz CT molecular complexity index is 302.